The SMILES string of the molecule is COc1ccccc1[C@@H](O)P(=O)(O)O. The van der Waals surface area contributed by atoms with E-state index in [4.69, 9.17) is 14.5 Å². The van der Waals surface area contributed by atoms with Crippen molar-refractivity contribution in [1.82, 2.24) is 0 Å². The molecule has 0 aliphatic carbocycles. The van der Waals surface area contributed by atoms with Gasteiger partial charge in [-0.25, -0.2) is 0 Å². The fourth-order valence-corrected chi connectivity index (χ4v) is 1.64. The van der Waals surface area contributed by atoms with Gasteiger partial charge in [0.25, 0.3) is 0 Å². The van der Waals surface area contributed by atoms with Gasteiger partial charge in [0.1, 0.15) is 5.75 Å². The quantitative estimate of drug-likeness (QED) is 0.655. The van der Waals surface area contributed by atoms with E-state index < -0.39 is 13.4 Å². The summed E-state index contributed by atoms with van der Waals surface area (Å²) in [6.07, 6.45) is 0. The highest BCUT2D eigenvalue weighted by atomic mass is 31.2. The van der Waals surface area contributed by atoms with Crippen molar-refractivity contribution in [2.24, 2.45) is 0 Å². The zero-order valence-corrected chi connectivity index (χ0v) is 8.39. The molecule has 78 valence electrons. The Morgan fingerprint density at radius 1 is 1.36 bits per heavy atom. The minimum atomic E-state index is -4.54. The van der Waals surface area contributed by atoms with Crippen molar-refractivity contribution in [3.8, 4) is 5.75 Å². The van der Waals surface area contributed by atoms with Crippen molar-refractivity contribution in [3.05, 3.63) is 29.8 Å². The van der Waals surface area contributed by atoms with Crippen LogP contribution in [0.15, 0.2) is 24.3 Å². The smallest absolute Gasteiger partial charge is 0.358 e. The number of aliphatic hydroxyl groups is 1. The Morgan fingerprint density at radius 2 is 1.93 bits per heavy atom. The number of benzene rings is 1. The van der Waals surface area contributed by atoms with Gasteiger partial charge in [0.05, 0.1) is 7.11 Å². The first kappa shape index (κ1) is 11.2. The summed E-state index contributed by atoms with van der Waals surface area (Å²) in [4.78, 5) is 17.5. The molecule has 1 aromatic rings. The van der Waals surface area contributed by atoms with E-state index >= 15 is 0 Å². The van der Waals surface area contributed by atoms with Crippen molar-refractivity contribution in [2.75, 3.05) is 7.11 Å². The van der Waals surface area contributed by atoms with Crippen molar-refractivity contribution in [3.63, 3.8) is 0 Å². The van der Waals surface area contributed by atoms with Gasteiger partial charge < -0.3 is 19.6 Å². The number of hydrogen-bond donors (Lipinski definition) is 3. The van der Waals surface area contributed by atoms with Crippen LogP contribution in [0.1, 0.15) is 11.4 Å². The van der Waals surface area contributed by atoms with E-state index in [1.54, 1.807) is 12.1 Å². The lowest BCUT2D eigenvalue weighted by Gasteiger charge is -2.15. The van der Waals surface area contributed by atoms with Crippen molar-refractivity contribution >= 4 is 7.60 Å². The average Bonchev–Trinajstić information content (AvgIpc) is 2.15. The minimum Gasteiger partial charge on any atom is -0.496 e. The number of para-hydroxylation sites is 1. The fraction of sp³-hybridized carbons (Fsp3) is 0.250. The Kier molecular flexibility index (Phi) is 3.29. The molecule has 0 fully saturated rings. The molecular weight excluding hydrogens is 207 g/mol. The van der Waals surface area contributed by atoms with Crippen LogP contribution >= 0.6 is 7.60 Å². The summed E-state index contributed by atoms with van der Waals surface area (Å²) >= 11 is 0. The molecule has 14 heavy (non-hydrogen) atoms. The fourth-order valence-electron chi connectivity index (χ4n) is 1.06. The maximum Gasteiger partial charge on any atom is 0.358 e. The van der Waals surface area contributed by atoms with E-state index in [2.05, 4.69) is 0 Å². The van der Waals surface area contributed by atoms with Crippen LogP contribution in [0.3, 0.4) is 0 Å². The average molecular weight is 218 g/mol. The monoisotopic (exact) mass is 218 g/mol. The van der Waals surface area contributed by atoms with E-state index in [-0.39, 0.29) is 11.3 Å². The topological polar surface area (TPSA) is 87.0 Å². The van der Waals surface area contributed by atoms with Crippen LogP contribution in [0.5, 0.6) is 5.75 Å². The molecule has 0 saturated carbocycles. The molecule has 6 heteroatoms. The van der Waals surface area contributed by atoms with Crippen molar-refractivity contribution in [2.45, 2.75) is 5.85 Å². The molecule has 1 atom stereocenters. The molecule has 0 aliphatic heterocycles. The van der Waals surface area contributed by atoms with Gasteiger partial charge in [0.2, 0.25) is 0 Å². The van der Waals surface area contributed by atoms with Crippen LogP contribution in [-0.4, -0.2) is 22.0 Å². The molecule has 1 rings (SSSR count). The highest BCUT2D eigenvalue weighted by Gasteiger charge is 2.30. The lowest BCUT2D eigenvalue weighted by molar-refractivity contribution is 0.201. The number of rotatable bonds is 3. The second-order valence-corrected chi connectivity index (χ2v) is 4.37. The first-order valence-corrected chi connectivity index (χ1v) is 5.51. The van der Waals surface area contributed by atoms with Crippen LogP contribution < -0.4 is 4.74 Å². The molecule has 1 aromatic carbocycles. The summed E-state index contributed by atoms with van der Waals surface area (Å²) in [6, 6.07) is 6.14. The van der Waals surface area contributed by atoms with Gasteiger partial charge in [-0.15, -0.1) is 0 Å². The minimum absolute atomic E-state index is 0.0864. The van der Waals surface area contributed by atoms with Gasteiger partial charge in [0.15, 0.2) is 5.85 Å². The van der Waals surface area contributed by atoms with E-state index in [1.165, 1.54) is 19.2 Å². The molecule has 0 amide bonds. The van der Waals surface area contributed by atoms with E-state index in [0.717, 1.165) is 0 Å². The third-order valence-corrected chi connectivity index (χ3v) is 2.65. The zero-order valence-electron chi connectivity index (χ0n) is 7.49. The molecule has 0 radical (unpaired) electrons. The first-order chi connectivity index (χ1) is 6.46. The second-order valence-electron chi connectivity index (χ2n) is 2.70. The molecule has 0 spiro atoms. The molecule has 0 aliphatic rings. The van der Waals surface area contributed by atoms with E-state index in [9.17, 15) is 9.67 Å². The molecule has 0 aromatic heterocycles. The van der Waals surface area contributed by atoms with Crippen LogP contribution in [0, 0.1) is 0 Å². The number of methoxy groups -OCH3 is 1. The summed E-state index contributed by atoms with van der Waals surface area (Å²) in [5, 5.41) is 9.33. The van der Waals surface area contributed by atoms with Gasteiger partial charge in [-0.1, -0.05) is 18.2 Å². The van der Waals surface area contributed by atoms with Gasteiger partial charge in [0, 0.05) is 5.56 Å². The maximum atomic E-state index is 10.8. The molecule has 0 bridgehead atoms. The molecule has 3 N–H and O–H groups in total. The predicted molar refractivity (Wildman–Crippen MR) is 50.0 cm³/mol. The first-order valence-electron chi connectivity index (χ1n) is 3.83. The Morgan fingerprint density at radius 3 is 2.43 bits per heavy atom. The summed E-state index contributed by atoms with van der Waals surface area (Å²) in [5.41, 5.74) is 0.0864. The van der Waals surface area contributed by atoms with Gasteiger partial charge >= 0.3 is 7.60 Å². The van der Waals surface area contributed by atoms with Gasteiger partial charge in [-0.2, -0.15) is 0 Å². The van der Waals surface area contributed by atoms with E-state index in [0.29, 0.717) is 0 Å². The predicted octanol–water partition coefficient (Wildman–Crippen LogP) is 0.864. The van der Waals surface area contributed by atoms with Crippen LogP contribution in [0.25, 0.3) is 0 Å². The summed E-state index contributed by atoms with van der Waals surface area (Å²) < 4.78 is 15.6. The lowest BCUT2D eigenvalue weighted by atomic mass is 10.2. The highest BCUT2D eigenvalue weighted by Crippen LogP contribution is 2.51. The van der Waals surface area contributed by atoms with Crippen LogP contribution in [-0.2, 0) is 4.57 Å². The molecule has 0 heterocycles. The summed E-state index contributed by atoms with van der Waals surface area (Å²) in [5.74, 6) is -1.58. The Hall–Kier alpha value is -0.870. The zero-order chi connectivity index (χ0) is 10.8. The Bertz CT molecular complexity index is 359. The number of ether oxygens (including phenoxy) is 1. The van der Waals surface area contributed by atoms with Gasteiger partial charge in [-0.3, -0.25) is 4.57 Å². The Labute approximate surface area is 81.1 Å². The second kappa shape index (κ2) is 4.11. The van der Waals surface area contributed by atoms with Crippen LogP contribution in [0.4, 0.5) is 0 Å². The standard InChI is InChI=1S/C8H11O5P/c1-13-7-5-3-2-4-6(7)8(9)14(10,11)12/h2-5,8-9H,1H3,(H2,10,11,12)/t8-/m0/s1. The van der Waals surface area contributed by atoms with Crippen molar-refractivity contribution < 1.29 is 24.2 Å². The summed E-state index contributed by atoms with van der Waals surface area (Å²) in [6.45, 7) is 0. The molecular formula is C8H11O5P. The van der Waals surface area contributed by atoms with Crippen LogP contribution in [0.2, 0.25) is 0 Å². The number of aliphatic hydroxyl groups excluding tert-OH is 1. The lowest BCUT2D eigenvalue weighted by Crippen LogP contribution is -2.00. The van der Waals surface area contributed by atoms with E-state index in [1.807, 2.05) is 0 Å². The largest absolute Gasteiger partial charge is 0.496 e. The Balaban J connectivity index is 3.12. The third-order valence-electron chi connectivity index (χ3n) is 1.74. The molecule has 0 unspecified atom stereocenters. The maximum absolute atomic E-state index is 10.8. The summed E-state index contributed by atoms with van der Waals surface area (Å²) in [7, 11) is -3.18. The normalized spacial score (nSPS) is 13.7. The van der Waals surface area contributed by atoms with Crippen molar-refractivity contribution in [1.29, 1.82) is 0 Å². The highest BCUT2D eigenvalue weighted by molar-refractivity contribution is 7.51. The molecule has 5 nitrogen and oxygen atoms in total. The van der Waals surface area contributed by atoms with Gasteiger partial charge in [-0.05, 0) is 6.07 Å². The molecule has 0 saturated heterocycles. The third kappa shape index (κ3) is 2.33. The number of hydrogen-bond acceptors (Lipinski definition) is 3.